The molecule has 0 amide bonds. The average Bonchev–Trinajstić information content (AvgIpc) is 2.93. The predicted octanol–water partition coefficient (Wildman–Crippen LogP) is 2.72. The Labute approximate surface area is 111 Å². The molecule has 0 spiro atoms. The molecule has 3 heteroatoms. The van der Waals surface area contributed by atoms with Gasteiger partial charge in [0.25, 0.3) is 0 Å². The number of allylic oxidation sites excluding steroid dienone is 4. The summed E-state index contributed by atoms with van der Waals surface area (Å²) in [5.41, 5.74) is 7.27. The summed E-state index contributed by atoms with van der Waals surface area (Å²) in [6.45, 7) is 0.270. The van der Waals surface area contributed by atoms with Crippen LogP contribution in [0.2, 0.25) is 0 Å². The van der Waals surface area contributed by atoms with Gasteiger partial charge in [0.2, 0.25) is 6.79 Å². The van der Waals surface area contributed by atoms with Crippen LogP contribution in [0.3, 0.4) is 0 Å². The molecule has 3 nitrogen and oxygen atoms in total. The molecule has 94 valence electrons. The van der Waals surface area contributed by atoms with E-state index in [2.05, 4.69) is 11.5 Å². The molecule has 0 aromatic heterocycles. The van der Waals surface area contributed by atoms with Crippen LogP contribution in [-0.2, 0) is 11.2 Å². The van der Waals surface area contributed by atoms with E-state index in [1.165, 1.54) is 0 Å². The van der Waals surface area contributed by atoms with E-state index in [1.807, 2.05) is 18.2 Å². The minimum Gasteiger partial charge on any atom is -0.454 e. The van der Waals surface area contributed by atoms with Crippen molar-refractivity contribution in [2.24, 2.45) is 0 Å². The number of carbonyl (C=O) groups excluding carboxylic acids is 1. The first-order chi connectivity index (χ1) is 9.33. The minimum atomic E-state index is 0.0783. The van der Waals surface area contributed by atoms with Crippen LogP contribution in [0.1, 0.15) is 12.0 Å². The molecule has 2 aliphatic rings. The van der Waals surface area contributed by atoms with E-state index in [1.54, 1.807) is 18.2 Å². The van der Waals surface area contributed by atoms with Crippen molar-refractivity contribution in [1.29, 1.82) is 0 Å². The second-order valence-corrected chi connectivity index (χ2v) is 4.32. The van der Waals surface area contributed by atoms with Gasteiger partial charge in [-0.2, -0.15) is 0 Å². The number of ketones is 1. The number of ether oxygens (including phenoxy) is 2. The average molecular weight is 252 g/mol. The van der Waals surface area contributed by atoms with Gasteiger partial charge in [0, 0.05) is 6.42 Å². The first-order valence-corrected chi connectivity index (χ1v) is 6.13. The van der Waals surface area contributed by atoms with E-state index < -0.39 is 0 Å². The molecule has 0 unspecified atom stereocenters. The van der Waals surface area contributed by atoms with Crippen LogP contribution in [0, 0.1) is 0 Å². The van der Waals surface area contributed by atoms with E-state index in [9.17, 15) is 4.79 Å². The summed E-state index contributed by atoms with van der Waals surface area (Å²) in [4.78, 5) is 11.9. The molecule has 0 saturated heterocycles. The molecule has 1 aliphatic carbocycles. The molecule has 3 rings (SSSR count). The maximum Gasteiger partial charge on any atom is 0.231 e. The van der Waals surface area contributed by atoms with Crippen LogP contribution in [-0.4, -0.2) is 12.6 Å². The molecule has 1 aliphatic heterocycles. The van der Waals surface area contributed by atoms with Crippen molar-refractivity contribution in [3.8, 4) is 11.5 Å². The van der Waals surface area contributed by atoms with Crippen LogP contribution in [0.4, 0.5) is 0 Å². The molecule has 0 bridgehead atoms. The molecule has 1 aromatic rings. The zero-order valence-corrected chi connectivity index (χ0v) is 10.3. The Kier molecular flexibility index (Phi) is 3.07. The van der Waals surface area contributed by atoms with Crippen LogP contribution < -0.4 is 9.47 Å². The van der Waals surface area contributed by atoms with Crippen LogP contribution in [0.15, 0.2) is 53.5 Å². The minimum absolute atomic E-state index is 0.0783. The van der Waals surface area contributed by atoms with Gasteiger partial charge >= 0.3 is 0 Å². The van der Waals surface area contributed by atoms with E-state index in [-0.39, 0.29) is 12.6 Å². The topological polar surface area (TPSA) is 35.5 Å². The third-order valence-electron chi connectivity index (χ3n) is 3.03. The van der Waals surface area contributed by atoms with Crippen molar-refractivity contribution in [2.75, 3.05) is 6.79 Å². The maximum atomic E-state index is 11.9. The van der Waals surface area contributed by atoms with Gasteiger partial charge in [-0.3, -0.25) is 4.79 Å². The van der Waals surface area contributed by atoms with E-state index in [0.717, 1.165) is 17.1 Å². The van der Waals surface area contributed by atoms with Gasteiger partial charge in [-0.15, -0.1) is 0 Å². The Morgan fingerprint density at radius 1 is 1.26 bits per heavy atom. The lowest BCUT2D eigenvalue weighted by molar-refractivity contribution is -0.115. The molecule has 19 heavy (non-hydrogen) atoms. The number of Topliss-reactive ketones (excluding diaryl/α,β-unsaturated/α-hetero) is 1. The summed E-state index contributed by atoms with van der Waals surface area (Å²) in [5.74, 6) is 1.60. The summed E-state index contributed by atoms with van der Waals surface area (Å²) in [7, 11) is 0. The van der Waals surface area contributed by atoms with Gasteiger partial charge < -0.3 is 9.47 Å². The van der Waals surface area contributed by atoms with Crippen molar-refractivity contribution in [3.05, 3.63) is 59.0 Å². The van der Waals surface area contributed by atoms with Crippen molar-refractivity contribution >= 4 is 5.78 Å². The van der Waals surface area contributed by atoms with E-state index >= 15 is 0 Å². The highest BCUT2D eigenvalue weighted by Crippen LogP contribution is 2.32. The van der Waals surface area contributed by atoms with Crippen LogP contribution in [0.5, 0.6) is 11.5 Å². The fraction of sp³-hybridized carbons (Fsp3) is 0.188. The first kappa shape index (κ1) is 11.6. The van der Waals surface area contributed by atoms with Crippen LogP contribution in [0.25, 0.3) is 0 Å². The zero-order valence-electron chi connectivity index (χ0n) is 10.3. The predicted molar refractivity (Wildman–Crippen MR) is 70.1 cm³/mol. The Bertz CT molecular complexity index is 655. The highest BCUT2D eigenvalue weighted by molar-refractivity contribution is 5.98. The molecule has 0 atom stereocenters. The van der Waals surface area contributed by atoms with Crippen molar-refractivity contribution < 1.29 is 14.3 Å². The molecule has 0 fully saturated rings. The quantitative estimate of drug-likeness (QED) is 0.773. The highest BCUT2D eigenvalue weighted by atomic mass is 16.7. The van der Waals surface area contributed by atoms with Crippen molar-refractivity contribution in [2.45, 2.75) is 12.8 Å². The lowest BCUT2D eigenvalue weighted by atomic mass is 10.0. The van der Waals surface area contributed by atoms with Gasteiger partial charge in [0.05, 0.1) is 5.57 Å². The SMILES string of the molecule is O=C(CCc1ccc2c(c1)OCO2)C1=C=C=CC=C1. The van der Waals surface area contributed by atoms with Gasteiger partial charge in [-0.1, -0.05) is 23.6 Å². The molecular weight excluding hydrogens is 240 g/mol. The van der Waals surface area contributed by atoms with Gasteiger partial charge in [0.15, 0.2) is 17.3 Å². The maximum absolute atomic E-state index is 11.9. The molecule has 1 heterocycles. The van der Waals surface area contributed by atoms with Gasteiger partial charge in [-0.05, 0) is 36.3 Å². The van der Waals surface area contributed by atoms with Crippen molar-refractivity contribution in [1.82, 2.24) is 0 Å². The standard InChI is InChI=1S/C16H12O3/c17-14(13-4-2-1-3-5-13)8-6-12-7-9-15-16(10-12)19-11-18-15/h1-2,4,7,9-10H,6,8,11H2. The second-order valence-electron chi connectivity index (χ2n) is 4.32. The van der Waals surface area contributed by atoms with E-state index in [4.69, 9.17) is 9.47 Å². The fourth-order valence-electron chi connectivity index (χ4n) is 2.01. The second kappa shape index (κ2) is 5.03. The lowest BCUT2D eigenvalue weighted by Gasteiger charge is -2.03. The molecule has 0 radical (unpaired) electrons. The molecule has 0 N–H and O–H groups in total. The van der Waals surface area contributed by atoms with Crippen LogP contribution >= 0.6 is 0 Å². The number of rotatable bonds is 4. The number of benzene rings is 1. The summed E-state index contributed by atoms with van der Waals surface area (Å²) in [6, 6.07) is 5.77. The number of fused-ring (bicyclic) bond motifs is 1. The Morgan fingerprint density at radius 2 is 2.16 bits per heavy atom. The molecular formula is C16H12O3. The largest absolute Gasteiger partial charge is 0.454 e. The smallest absolute Gasteiger partial charge is 0.231 e. The van der Waals surface area contributed by atoms with E-state index in [0.29, 0.717) is 18.4 Å². The fourth-order valence-corrected chi connectivity index (χ4v) is 2.01. The monoisotopic (exact) mass is 252 g/mol. The molecule has 1 aromatic carbocycles. The zero-order chi connectivity index (χ0) is 13.1. The summed E-state index contributed by atoms with van der Waals surface area (Å²) >= 11 is 0. The summed E-state index contributed by atoms with van der Waals surface area (Å²) in [5, 5.41) is 0. The number of carbonyl (C=O) groups is 1. The normalized spacial score (nSPS) is 14.6. The third-order valence-corrected chi connectivity index (χ3v) is 3.03. The number of aryl methyl sites for hydroxylation is 1. The Morgan fingerprint density at radius 3 is 3.00 bits per heavy atom. The summed E-state index contributed by atoms with van der Waals surface area (Å²) in [6.07, 6.45) is 6.42. The van der Waals surface area contributed by atoms with Gasteiger partial charge in [-0.25, -0.2) is 0 Å². The Hall–Kier alpha value is -2.47. The number of hydrogen-bond acceptors (Lipinski definition) is 3. The summed E-state index contributed by atoms with van der Waals surface area (Å²) < 4.78 is 10.6. The molecule has 0 saturated carbocycles. The van der Waals surface area contributed by atoms with Crippen molar-refractivity contribution in [3.63, 3.8) is 0 Å². The van der Waals surface area contributed by atoms with Gasteiger partial charge in [0.1, 0.15) is 0 Å². The Balaban J connectivity index is 1.67. The third kappa shape index (κ3) is 2.53. The number of hydrogen-bond donors (Lipinski definition) is 0. The lowest BCUT2D eigenvalue weighted by Crippen LogP contribution is -2.02. The first-order valence-electron chi connectivity index (χ1n) is 6.13. The highest BCUT2D eigenvalue weighted by Gasteiger charge is 2.14.